The Morgan fingerprint density at radius 1 is 1.38 bits per heavy atom. The maximum atomic E-state index is 10.8. The van der Waals surface area contributed by atoms with Gasteiger partial charge in [0.1, 0.15) is 0 Å². The van der Waals surface area contributed by atoms with E-state index in [1.54, 1.807) is 0 Å². The average molecular weight is 227 g/mol. The van der Waals surface area contributed by atoms with Crippen molar-refractivity contribution in [2.45, 2.75) is 51.1 Å². The Morgan fingerprint density at radius 3 is 2.50 bits per heavy atom. The molecule has 0 heterocycles. The van der Waals surface area contributed by atoms with Gasteiger partial charge in [0.15, 0.2) is 0 Å². The van der Waals surface area contributed by atoms with Crippen LogP contribution in [0.1, 0.15) is 39.0 Å². The minimum Gasteiger partial charge on any atom is -0.369 e. The normalized spacial score (nSPS) is 25.9. The largest absolute Gasteiger partial charge is 0.369 e. The monoisotopic (exact) mass is 227 g/mol. The van der Waals surface area contributed by atoms with Gasteiger partial charge in [-0.1, -0.05) is 6.92 Å². The van der Waals surface area contributed by atoms with E-state index in [-0.39, 0.29) is 5.91 Å². The molecule has 1 saturated carbocycles. The summed E-state index contributed by atoms with van der Waals surface area (Å²) in [4.78, 5) is 12.9. The van der Waals surface area contributed by atoms with Crippen LogP contribution in [0, 0.1) is 0 Å². The Morgan fingerprint density at radius 2 is 2.00 bits per heavy atom. The van der Waals surface area contributed by atoms with Crippen molar-refractivity contribution in [1.29, 1.82) is 0 Å². The number of nitrogens with two attached hydrogens (primary N) is 1. The molecule has 1 rings (SSSR count). The van der Waals surface area contributed by atoms with E-state index in [4.69, 9.17) is 5.73 Å². The molecule has 1 fully saturated rings. The lowest BCUT2D eigenvalue weighted by Gasteiger charge is -2.34. The number of nitrogens with one attached hydrogen (secondary N) is 1. The highest BCUT2D eigenvalue weighted by Crippen LogP contribution is 2.22. The molecule has 4 nitrogen and oxygen atoms in total. The van der Waals surface area contributed by atoms with Crippen LogP contribution in [0.25, 0.3) is 0 Å². The van der Waals surface area contributed by atoms with E-state index >= 15 is 0 Å². The summed E-state index contributed by atoms with van der Waals surface area (Å²) >= 11 is 0. The minimum atomic E-state index is -0.228. The predicted molar refractivity (Wildman–Crippen MR) is 66.2 cm³/mol. The number of rotatable bonds is 6. The van der Waals surface area contributed by atoms with Crippen molar-refractivity contribution in [2.24, 2.45) is 5.73 Å². The predicted octanol–water partition coefficient (Wildman–Crippen LogP) is 0.714. The summed E-state index contributed by atoms with van der Waals surface area (Å²) in [6.07, 6.45) is 5.97. The number of hydrogen-bond donors (Lipinski definition) is 2. The van der Waals surface area contributed by atoms with Crippen molar-refractivity contribution < 1.29 is 4.79 Å². The van der Waals surface area contributed by atoms with Gasteiger partial charge in [0.25, 0.3) is 0 Å². The van der Waals surface area contributed by atoms with Crippen molar-refractivity contribution in [2.75, 3.05) is 20.1 Å². The first-order valence-electron chi connectivity index (χ1n) is 6.35. The van der Waals surface area contributed by atoms with Crippen molar-refractivity contribution in [3.05, 3.63) is 0 Å². The topological polar surface area (TPSA) is 58.4 Å². The van der Waals surface area contributed by atoms with Gasteiger partial charge < -0.3 is 11.1 Å². The van der Waals surface area contributed by atoms with E-state index in [0.29, 0.717) is 18.6 Å². The number of primary amides is 1. The van der Waals surface area contributed by atoms with Crippen LogP contribution in [0.2, 0.25) is 0 Å². The van der Waals surface area contributed by atoms with Crippen LogP contribution < -0.4 is 11.1 Å². The summed E-state index contributed by atoms with van der Waals surface area (Å²) < 4.78 is 0. The van der Waals surface area contributed by atoms with Crippen LogP contribution in [-0.2, 0) is 4.79 Å². The molecule has 1 aliphatic carbocycles. The zero-order chi connectivity index (χ0) is 12.0. The van der Waals surface area contributed by atoms with Gasteiger partial charge in [-0.25, -0.2) is 0 Å². The van der Waals surface area contributed by atoms with Crippen LogP contribution in [0.5, 0.6) is 0 Å². The molecule has 0 aromatic heterocycles. The van der Waals surface area contributed by atoms with Crippen LogP contribution in [0.15, 0.2) is 0 Å². The third kappa shape index (κ3) is 4.49. The fourth-order valence-electron chi connectivity index (χ4n) is 2.44. The van der Waals surface area contributed by atoms with Gasteiger partial charge >= 0.3 is 0 Å². The molecule has 0 aromatic rings. The fraction of sp³-hybridized carbons (Fsp3) is 0.917. The lowest BCUT2D eigenvalue weighted by atomic mass is 9.90. The van der Waals surface area contributed by atoms with Crippen LogP contribution in [-0.4, -0.2) is 43.0 Å². The number of amides is 1. The number of carbonyl (C=O) groups is 1. The molecular weight excluding hydrogens is 202 g/mol. The second-order valence-electron chi connectivity index (χ2n) is 4.84. The number of likely N-dealkylation sites (N-methyl/N-ethyl adjacent to an activating group) is 1. The highest BCUT2D eigenvalue weighted by molar-refractivity contribution is 5.75. The summed E-state index contributed by atoms with van der Waals surface area (Å²) in [6.45, 7) is 3.70. The van der Waals surface area contributed by atoms with Crippen molar-refractivity contribution in [3.8, 4) is 0 Å². The van der Waals surface area contributed by atoms with Gasteiger partial charge in [-0.05, 0) is 45.7 Å². The second kappa shape index (κ2) is 6.86. The van der Waals surface area contributed by atoms with Crippen molar-refractivity contribution >= 4 is 5.91 Å². The summed E-state index contributed by atoms with van der Waals surface area (Å²) in [5, 5.41) is 3.56. The zero-order valence-corrected chi connectivity index (χ0v) is 10.5. The quantitative estimate of drug-likeness (QED) is 0.703. The van der Waals surface area contributed by atoms with Crippen LogP contribution in [0.4, 0.5) is 0 Å². The molecule has 0 atom stereocenters. The molecule has 0 aliphatic heterocycles. The van der Waals surface area contributed by atoms with Crippen molar-refractivity contribution in [3.63, 3.8) is 0 Å². The summed E-state index contributed by atoms with van der Waals surface area (Å²) in [7, 11) is 2.00. The smallest absolute Gasteiger partial charge is 0.231 e. The second-order valence-corrected chi connectivity index (χ2v) is 4.84. The number of nitrogens with zero attached hydrogens (tertiary/aromatic N) is 1. The maximum Gasteiger partial charge on any atom is 0.231 e. The first-order valence-corrected chi connectivity index (χ1v) is 6.35. The third-order valence-electron chi connectivity index (χ3n) is 3.41. The van der Waals surface area contributed by atoms with Gasteiger partial charge in [0, 0.05) is 12.1 Å². The summed E-state index contributed by atoms with van der Waals surface area (Å²) in [5.74, 6) is -0.228. The average Bonchev–Trinajstić information content (AvgIpc) is 2.26. The Bertz CT molecular complexity index is 212. The van der Waals surface area contributed by atoms with E-state index in [0.717, 1.165) is 6.54 Å². The molecule has 0 bridgehead atoms. The molecular formula is C12H25N3O. The molecule has 0 spiro atoms. The molecule has 94 valence electrons. The molecule has 0 aromatic carbocycles. The Kier molecular flexibility index (Phi) is 5.77. The summed E-state index contributed by atoms with van der Waals surface area (Å²) in [6, 6.07) is 1.21. The fourth-order valence-corrected chi connectivity index (χ4v) is 2.44. The van der Waals surface area contributed by atoms with Gasteiger partial charge in [0.05, 0.1) is 6.54 Å². The molecule has 16 heavy (non-hydrogen) atoms. The highest BCUT2D eigenvalue weighted by Gasteiger charge is 2.23. The SMILES string of the molecule is CCCNC1CCC(N(C)CC(N)=O)CC1. The lowest BCUT2D eigenvalue weighted by molar-refractivity contribution is -0.119. The molecule has 0 saturated heterocycles. The Balaban J connectivity index is 2.23. The standard InChI is InChI=1S/C12H25N3O/c1-3-8-14-10-4-6-11(7-5-10)15(2)9-12(13)16/h10-11,14H,3-9H2,1-2H3,(H2,13,16). The van der Waals surface area contributed by atoms with E-state index in [1.807, 2.05) is 7.05 Å². The van der Waals surface area contributed by atoms with E-state index in [1.165, 1.54) is 32.1 Å². The van der Waals surface area contributed by atoms with Gasteiger partial charge in [-0.15, -0.1) is 0 Å². The van der Waals surface area contributed by atoms with Gasteiger partial charge in [-0.2, -0.15) is 0 Å². The third-order valence-corrected chi connectivity index (χ3v) is 3.41. The maximum absolute atomic E-state index is 10.8. The molecule has 3 N–H and O–H groups in total. The first kappa shape index (κ1) is 13.5. The summed E-state index contributed by atoms with van der Waals surface area (Å²) in [5.41, 5.74) is 5.20. The highest BCUT2D eigenvalue weighted by atomic mass is 16.1. The first-order chi connectivity index (χ1) is 7.63. The van der Waals surface area contributed by atoms with Crippen molar-refractivity contribution in [1.82, 2.24) is 10.2 Å². The minimum absolute atomic E-state index is 0.228. The van der Waals surface area contributed by atoms with E-state index < -0.39 is 0 Å². The van der Waals surface area contributed by atoms with E-state index in [9.17, 15) is 4.79 Å². The Labute approximate surface area is 98.6 Å². The molecule has 4 heteroatoms. The molecule has 1 aliphatic rings. The number of hydrogen-bond acceptors (Lipinski definition) is 3. The van der Waals surface area contributed by atoms with Gasteiger partial charge in [-0.3, -0.25) is 9.69 Å². The number of carbonyl (C=O) groups excluding carboxylic acids is 1. The Hall–Kier alpha value is -0.610. The zero-order valence-electron chi connectivity index (χ0n) is 10.5. The molecule has 0 radical (unpaired) electrons. The van der Waals surface area contributed by atoms with Crippen LogP contribution in [0.3, 0.4) is 0 Å². The van der Waals surface area contributed by atoms with Gasteiger partial charge in [0.2, 0.25) is 5.91 Å². The van der Waals surface area contributed by atoms with Crippen LogP contribution >= 0.6 is 0 Å². The lowest BCUT2D eigenvalue weighted by Crippen LogP contribution is -2.43. The molecule has 0 unspecified atom stereocenters. The molecule has 1 amide bonds. The van der Waals surface area contributed by atoms with E-state index in [2.05, 4.69) is 17.1 Å².